The third kappa shape index (κ3) is 3.57. The molecule has 0 saturated heterocycles. The molecule has 0 amide bonds. The Bertz CT molecular complexity index is 645. The Kier molecular flexibility index (Phi) is 4.58. The molecule has 1 aromatic heterocycles. The van der Waals surface area contributed by atoms with Gasteiger partial charge in [-0.1, -0.05) is 6.07 Å². The summed E-state index contributed by atoms with van der Waals surface area (Å²) in [6.07, 6.45) is 8.62. The summed E-state index contributed by atoms with van der Waals surface area (Å²) < 4.78 is 11.0. The maximum Gasteiger partial charge on any atom is 0.338 e. The van der Waals surface area contributed by atoms with Gasteiger partial charge >= 0.3 is 5.97 Å². The zero-order valence-corrected chi connectivity index (χ0v) is 13.0. The first-order chi connectivity index (χ1) is 10.7. The fourth-order valence-electron chi connectivity index (χ4n) is 2.17. The van der Waals surface area contributed by atoms with Crippen molar-refractivity contribution >= 4 is 17.7 Å². The van der Waals surface area contributed by atoms with Crippen LogP contribution in [0, 0.1) is 0 Å². The first kappa shape index (κ1) is 14.8. The highest BCUT2D eigenvalue weighted by atomic mass is 32.2. The molecule has 22 heavy (non-hydrogen) atoms. The van der Waals surface area contributed by atoms with Gasteiger partial charge in [-0.25, -0.2) is 9.78 Å². The van der Waals surface area contributed by atoms with Crippen LogP contribution >= 0.6 is 11.8 Å². The van der Waals surface area contributed by atoms with Crippen molar-refractivity contribution in [3.8, 4) is 11.6 Å². The lowest BCUT2D eigenvalue weighted by Crippen LogP contribution is -2.35. The molecule has 0 N–H and O–H groups in total. The van der Waals surface area contributed by atoms with Gasteiger partial charge in [-0.15, -0.1) is 0 Å². The van der Waals surface area contributed by atoms with Gasteiger partial charge in [0.2, 0.25) is 5.88 Å². The molecule has 0 aliphatic heterocycles. The summed E-state index contributed by atoms with van der Waals surface area (Å²) in [5.41, 5.74) is 0.481. The summed E-state index contributed by atoms with van der Waals surface area (Å²) in [4.78, 5) is 20.1. The number of hydrogen-bond acceptors (Lipinski definition) is 6. The van der Waals surface area contributed by atoms with E-state index in [-0.39, 0.29) is 12.1 Å². The number of carbonyl (C=O) groups is 1. The van der Waals surface area contributed by atoms with Crippen LogP contribution in [0.25, 0.3) is 0 Å². The second kappa shape index (κ2) is 6.79. The summed E-state index contributed by atoms with van der Waals surface area (Å²) in [5.74, 6) is 0.606. The van der Waals surface area contributed by atoms with Crippen molar-refractivity contribution < 1.29 is 14.3 Å². The maximum absolute atomic E-state index is 12.1. The van der Waals surface area contributed by atoms with Gasteiger partial charge in [-0.2, -0.15) is 11.8 Å². The van der Waals surface area contributed by atoms with E-state index >= 15 is 0 Å². The molecular formula is C16H16N2O3S. The van der Waals surface area contributed by atoms with E-state index in [1.807, 2.05) is 11.8 Å². The van der Waals surface area contributed by atoms with E-state index in [9.17, 15) is 4.79 Å². The molecule has 2 aromatic rings. The van der Waals surface area contributed by atoms with Crippen LogP contribution in [-0.4, -0.2) is 33.5 Å². The summed E-state index contributed by atoms with van der Waals surface area (Å²) >= 11 is 1.82. The predicted octanol–water partition coefficient (Wildman–Crippen LogP) is 3.32. The normalized spacial score (nSPS) is 20.0. The number of thioether (sulfide) groups is 1. The van der Waals surface area contributed by atoms with E-state index in [1.165, 1.54) is 6.20 Å². The Morgan fingerprint density at radius 1 is 1.32 bits per heavy atom. The summed E-state index contributed by atoms with van der Waals surface area (Å²) in [5, 5.41) is 0.615. The number of esters is 1. The van der Waals surface area contributed by atoms with Gasteiger partial charge in [0.1, 0.15) is 11.9 Å². The fraction of sp³-hybridized carbons (Fsp3) is 0.312. The van der Waals surface area contributed by atoms with Crippen molar-refractivity contribution in [1.82, 2.24) is 9.97 Å². The lowest BCUT2D eigenvalue weighted by atomic mass is 9.95. The standard InChI is InChI=1S/C16H16N2O3S/c1-22-14-8-13(9-14)21-16(19)11-3-2-4-12(7-11)20-15-10-17-5-6-18-15/h2-7,10,13-14H,8-9H2,1H3. The van der Waals surface area contributed by atoms with Crippen molar-refractivity contribution in [3.63, 3.8) is 0 Å². The molecular weight excluding hydrogens is 300 g/mol. The molecule has 1 aliphatic rings. The third-order valence-corrected chi connectivity index (χ3v) is 4.54. The third-order valence-electron chi connectivity index (χ3n) is 3.49. The number of aromatic nitrogens is 2. The zero-order chi connectivity index (χ0) is 15.4. The summed E-state index contributed by atoms with van der Waals surface area (Å²) in [6.45, 7) is 0. The minimum Gasteiger partial charge on any atom is -0.459 e. The van der Waals surface area contributed by atoms with Gasteiger partial charge in [-0.3, -0.25) is 4.98 Å². The Hall–Kier alpha value is -2.08. The Morgan fingerprint density at radius 2 is 2.18 bits per heavy atom. The Balaban J connectivity index is 1.62. The van der Waals surface area contributed by atoms with E-state index < -0.39 is 0 Å². The fourth-order valence-corrected chi connectivity index (χ4v) is 2.99. The number of nitrogens with zero attached hydrogens (tertiary/aromatic N) is 2. The molecule has 0 bridgehead atoms. The van der Waals surface area contributed by atoms with Crippen LogP contribution in [0.5, 0.6) is 11.6 Å². The highest BCUT2D eigenvalue weighted by Crippen LogP contribution is 2.33. The van der Waals surface area contributed by atoms with Crippen LogP contribution in [0.15, 0.2) is 42.9 Å². The van der Waals surface area contributed by atoms with E-state index in [0.717, 1.165) is 12.8 Å². The molecule has 3 rings (SSSR count). The van der Waals surface area contributed by atoms with Crippen LogP contribution in [0.4, 0.5) is 0 Å². The SMILES string of the molecule is CSC1CC(OC(=O)c2cccc(Oc3cnccn3)c2)C1. The molecule has 0 radical (unpaired) electrons. The van der Waals surface area contributed by atoms with Crippen LogP contribution in [0.3, 0.4) is 0 Å². The van der Waals surface area contributed by atoms with Crippen molar-refractivity contribution in [2.75, 3.05) is 6.26 Å². The van der Waals surface area contributed by atoms with Crippen molar-refractivity contribution in [3.05, 3.63) is 48.4 Å². The van der Waals surface area contributed by atoms with E-state index in [0.29, 0.717) is 22.4 Å². The summed E-state index contributed by atoms with van der Waals surface area (Å²) in [7, 11) is 0. The molecule has 0 atom stereocenters. The van der Waals surface area contributed by atoms with Crippen LogP contribution in [0.1, 0.15) is 23.2 Å². The number of carbonyl (C=O) groups excluding carboxylic acids is 1. The van der Waals surface area contributed by atoms with Gasteiger partial charge < -0.3 is 9.47 Å². The number of ether oxygens (including phenoxy) is 2. The van der Waals surface area contributed by atoms with E-state index in [1.54, 1.807) is 36.7 Å². The van der Waals surface area contributed by atoms with Gasteiger partial charge in [-0.05, 0) is 37.3 Å². The van der Waals surface area contributed by atoms with Gasteiger partial charge in [0.05, 0.1) is 11.8 Å². The van der Waals surface area contributed by atoms with Crippen LogP contribution < -0.4 is 4.74 Å². The second-order valence-electron chi connectivity index (χ2n) is 5.03. The van der Waals surface area contributed by atoms with Crippen molar-refractivity contribution in [2.45, 2.75) is 24.2 Å². The molecule has 5 nitrogen and oxygen atoms in total. The maximum atomic E-state index is 12.1. The predicted molar refractivity (Wildman–Crippen MR) is 84.3 cm³/mol. The minimum absolute atomic E-state index is 0.0366. The largest absolute Gasteiger partial charge is 0.459 e. The molecule has 1 heterocycles. The zero-order valence-electron chi connectivity index (χ0n) is 12.1. The minimum atomic E-state index is -0.311. The molecule has 114 valence electrons. The van der Waals surface area contributed by atoms with Gasteiger partial charge in [0.25, 0.3) is 0 Å². The number of benzene rings is 1. The molecule has 6 heteroatoms. The summed E-state index contributed by atoms with van der Waals surface area (Å²) in [6, 6.07) is 6.89. The Morgan fingerprint density at radius 3 is 2.91 bits per heavy atom. The highest BCUT2D eigenvalue weighted by molar-refractivity contribution is 7.99. The van der Waals surface area contributed by atoms with Crippen molar-refractivity contribution in [1.29, 1.82) is 0 Å². The molecule has 0 unspecified atom stereocenters. The second-order valence-corrected chi connectivity index (χ2v) is 6.17. The first-order valence-electron chi connectivity index (χ1n) is 7.02. The van der Waals surface area contributed by atoms with E-state index in [4.69, 9.17) is 9.47 Å². The molecule has 1 aliphatic carbocycles. The topological polar surface area (TPSA) is 61.3 Å². The molecule has 0 spiro atoms. The first-order valence-corrected chi connectivity index (χ1v) is 8.31. The Labute approximate surface area is 133 Å². The average molecular weight is 316 g/mol. The number of hydrogen-bond donors (Lipinski definition) is 0. The van der Waals surface area contributed by atoms with E-state index in [2.05, 4.69) is 16.2 Å². The monoisotopic (exact) mass is 316 g/mol. The van der Waals surface area contributed by atoms with Gasteiger partial charge in [0, 0.05) is 17.6 Å². The highest BCUT2D eigenvalue weighted by Gasteiger charge is 2.31. The van der Waals surface area contributed by atoms with Crippen LogP contribution in [-0.2, 0) is 4.74 Å². The molecule has 1 fully saturated rings. The quantitative estimate of drug-likeness (QED) is 0.789. The lowest BCUT2D eigenvalue weighted by molar-refractivity contribution is 0.0110. The molecule has 1 saturated carbocycles. The lowest BCUT2D eigenvalue weighted by Gasteiger charge is -2.33. The van der Waals surface area contributed by atoms with Gasteiger partial charge in [0.15, 0.2) is 0 Å². The van der Waals surface area contributed by atoms with Crippen molar-refractivity contribution in [2.24, 2.45) is 0 Å². The molecule has 1 aromatic carbocycles. The number of rotatable bonds is 5. The smallest absolute Gasteiger partial charge is 0.338 e. The van der Waals surface area contributed by atoms with Crippen LogP contribution in [0.2, 0.25) is 0 Å². The average Bonchev–Trinajstić information content (AvgIpc) is 2.51.